The average molecular weight is 350 g/mol. The largest absolute Gasteiger partial charge is 0.459 e. The van der Waals surface area contributed by atoms with Crippen LogP contribution >= 0.6 is 0 Å². The predicted molar refractivity (Wildman–Crippen MR) is 93.3 cm³/mol. The number of hydrogen-bond acceptors (Lipinski definition) is 7. The molecule has 3 aromatic heterocycles. The van der Waals surface area contributed by atoms with E-state index in [9.17, 15) is 0 Å². The molecule has 1 aromatic carbocycles. The Morgan fingerprint density at radius 2 is 2.08 bits per heavy atom. The Bertz CT molecular complexity index is 972. The Balaban J connectivity index is 1.30. The van der Waals surface area contributed by atoms with Crippen molar-refractivity contribution in [2.45, 2.75) is 25.3 Å². The summed E-state index contributed by atoms with van der Waals surface area (Å²) in [6, 6.07) is 11.5. The van der Waals surface area contributed by atoms with Gasteiger partial charge in [-0.15, -0.1) is 0 Å². The highest BCUT2D eigenvalue weighted by Gasteiger charge is 2.26. The maximum absolute atomic E-state index is 5.96. The van der Waals surface area contributed by atoms with Crippen LogP contribution in [0.4, 0.5) is 0 Å². The van der Waals surface area contributed by atoms with Gasteiger partial charge in [0.2, 0.25) is 0 Å². The number of rotatable bonds is 4. The van der Waals surface area contributed by atoms with E-state index in [-0.39, 0.29) is 5.92 Å². The monoisotopic (exact) mass is 350 g/mol. The van der Waals surface area contributed by atoms with Gasteiger partial charge in [0.1, 0.15) is 5.52 Å². The fourth-order valence-electron chi connectivity index (χ4n) is 3.48. The van der Waals surface area contributed by atoms with Gasteiger partial charge in [-0.05, 0) is 43.7 Å². The lowest BCUT2D eigenvalue weighted by atomic mass is 9.98. The summed E-state index contributed by atoms with van der Waals surface area (Å²) >= 11 is 0. The third kappa shape index (κ3) is 2.90. The SMILES string of the molecule is c1coc(-c2nc(CN3CCCC(c4nc5ccccc5o4)C3)no2)c1. The number of hydrogen-bond donors (Lipinski definition) is 0. The maximum atomic E-state index is 5.96. The highest BCUT2D eigenvalue weighted by Crippen LogP contribution is 2.29. The minimum absolute atomic E-state index is 0.285. The number of benzene rings is 1. The topological polar surface area (TPSA) is 81.3 Å². The van der Waals surface area contributed by atoms with Crippen LogP contribution in [0.5, 0.6) is 0 Å². The number of para-hydroxylation sites is 2. The molecule has 1 aliphatic rings. The summed E-state index contributed by atoms with van der Waals surface area (Å²) in [5.41, 5.74) is 1.77. The number of likely N-dealkylation sites (tertiary alicyclic amines) is 1. The second-order valence-electron chi connectivity index (χ2n) is 6.59. The van der Waals surface area contributed by atoms with E-state index in [0.29, 0.717) is 24.0 Å². The van der Waals surface area contributed by atoms with Crippen LogP contribution in [0.25, 0.3) is 22.8 Å². The fourth-order valence-corrected chi connectivity index (χ4v) is 3.48. The zero-order chi connectivity index (χ0) is 17.3. The first kappa shape index (κ1) is 15.3. The van der Waals surface area contributed by atoms with Gasteiger partial charge in [-0.25, -0.2) is 4.98 Å². The van der Waals surface area contributed by atoms with Crippen molar-refractivity contribution in [2.75, 3.05) is 13.1 Å². The summed E-state index contributed by atoms with van der Waals surface area (Å²) in [6.45, 7) is 2.51. The van der Waals surface area contributed by atoms with E-state index in [0.717, 1.165) is 42.9 Å². The highest BCUT2D eigenvalue weighted by atomic mass is 16.5. The number of oxazole rings is 1. The molecular formula is C19H18N4O3. The minimum atomic E-state index is 0.285. The molecule has 0 bridgehead atoms. The Kier molecular flexibility index (Phi) is 3.79. The van der Waals surface area contributed by atoms with Gasteiger partial charge in [0, 0.05) is 12.5 Å². The van der Waals surface area contributed by atoms with Crippen LogP contribution in [0.3, 0.4) is 0 Å². The van der Waals surface area contributed by atoms with Crippen LogP contribution in [0.1, 0.15) is 30.5 Å². The molecular weight excluding hydrogens is 332 g/mol. The Labute approximate surface area is 149 Å². The van der Waals surface area contributed by atoms with Gasteiger partial charge in [0.05, 0.1) is 12.8 Å². The fraction of sp³-hybridized carbons (Fsp3) is 0.316. The smallest absolute Gasteiger partial charge is 0.293 e. The molecule has 26 heavy (non-hydrogen) atoms. The predicted octanol–water partition coefficient (Wildman–Crippen LogP) is 3.85. The normalized spacial score (nSPS) is 18.5. The molecule has 1 saturated heterocycles. The van der Waals surface area contributed by atoms with Gasteiger partial charge in [0.25, 0.3) is 5.89 Å². The van der Waals surface area contributed by atoms with Gasteiger partial charge < -0.3 is 13.4 Å². The minimum Gasteiger partial charge on any atom is -0.459 e. The summed E-state index contributed by atoms with van der Waals surface area (Å²) < 4.78 is 16.5. The van der Waals surface area contributed by atoms with Gasteiger partial charge in [0.15, 0.2) is 23.1 Å². The van der Waals surface area contributed by atoms with Crippen LogP contribution in [-0.4, -0.2) is 33.1 Å². The molecule has 4 aromatic rings. The first-order valence-electron chi connectivity index (χ1n) is 8.79. The second kappa shape index (κ2) is 6.42. The maximum Gasteiger partial charge on any atom is 0.293 e. The lowest BCUT2D eigenvalue weighted by Gasteiger charge is -2.30. The number of piperidine rings is 1. The molecule has 1 unspecified atom stereocenters. The van der Waals surface area contributed by atoms with Crippen LogP contribution in [0, 0.1) is 0 Å². The van der Waals surface area contributed by atoms with Gasteiger partial charge in [-0.3, -0.25) is 4.90 Å². The van der Waals surface area contributed by atoms with Crippen molar-refractivity contribution in [1.29, 1.82) is 0 Å². The van der Waals surface area contributed by atoms with Crippen LogP contribution < -0.4 is 0 Å². The first-order chi connectivity index (χ1) is 12.8. The quantitative estimate of drug-likeness (QED) is 0.553. The third-order valence-electron chi connectivity index (χ3n) is 4.73. The molecule has 0 amide bonds. The zero-order valence-corrected chi connectivity index (χ0v) is 14.2. The Hall–Kier alpha value is -2.93. The number of nitrogens with zero attached hydrogens (tertiary/aromatic N) is 4. The summed E-state index contributed by atoms with van der Waals surface area (Å²) in [4.78, 5) is 11.4. The van der Waals surface area contributed by atoms with Crippen molar-refractivity contribution in [3.8, 4) is 11.7 Å². The number of aromatic nitrogens is 3. The first-order valence-corrected chi connectivity index (χ1v) is 8.79. The van der Waals surface area contributed by atoms with Crippen molar-refractivity contribution in [3.05, 3.63) is 54.4 Å². The zero-order valence-electron chi connectivity index (χ0n) is 14.2. The summed E-state index contributed by atoms with van der Waals surface area (Å²) in [5.74, 6) is 2.77. The molecule has 0 N–H and O–H groups in total. The summed E-state index contributed by atoms with van der Waals surface area (Å²) in [7, 11) is 0. The lowest BCUT2D eigenvalue weighted by molar-refractivity contribution is 0.181. The Morgan fingerprint density at radius 3 is 2.96 bits per heavy atom. The molecule has 1 atom stereocenters. The molecule has 0 radical (unpaired) electrons. The molecule has 7 heteroatoms. The van der Waals surface area contributed by atoms with E-state index in [1.807, 2.05) is 30.3 Å². The summed E-state index contributed by atoms with van der Waals surface area (Å²) in [6.07, 6.45) is 3.76. The molecule has 132 valence electrons. The second-order valence-corrected chi connectivity index (χ2v) is 6.59. The number of fused-ring (bicyclic) bond motifs is 1. The highest BCUT2D eigenvalue weighted by molar-refractivity contribution is 5.72. The van der Waals surface area contributed by atoms with Crippen molar-refractivity contribution < 1.29 is 13.4 Å². The molecule has 4 heterocycles. The van der Waals surface area contributed by atoms with Crippen LogP contribution in [0.15, 0.2) is 56.0 Å². The lowest BCUT2D eigenvalue weighted by Crippen LogP contribution is -2.34. The summed E-state index contributed by atoms with van der Waals surface area (Å²) in [5, 5.41) is 4.07. The molecule has 0 aliphatic carbocycles. The van der Waals surface area contributed by atoms with Gasteiger partial charge >= 0.3 is 0 Å². The number of furan rings is 1. The van der Waals surface area contributed by atoms with Gasteiger partial charge in [-0.1, -0.05) is 17.3 Å². The van der Waals surface area contributed by atoms with Crippen molar-refractivity contribution >= 4 is 11.1 Å². The average Bonchev–Trinajstić information content (AvgIpc) is 3.41. The molecule has 5 rings (SSSR count). The van der Waals surface area contributed by atoms with E-state index < -0.39 is 0 Å². The van der Waals surface area contributed by atoms with Crippen LogP contribution in [0.2, 0.25) is 0 Å². The Morgan fingerprint density at radius 1 is 1.12 bits per heavy atom. The van der Waals surface area contributed by atoms with E-state index in [4.69, 9.17) is 13.4 Å². The molecule has 1 aliphatic heterocycles. The van der Waals surface area contributed by atoms with Crippen molar-refractivity contribution in [1.82, 2.24) is 20.0 Å². The molecule has 0 spiro atoms. The standard InChI is InChI=1S/C19H18N4O3/c1-2-7-15-14(6-1)20-18(25-15)13-5-3-9-23(11-13)12-17-21-19(26-22-17)16-8-4-10-24-16/h1-2,4,6-8,10,13H,3,5,9,11-12H2. The molecule has 7 nitrogen and oxygen atoms in total. The van der Waals surface area contributed by atoms with Gasteiger partial charge in [-0.2, -0.15) is 4.98 Å². The van der Waals surface area contributed by atoms with Crippen LogP contribution in [-0.2, 0) is 6.54 Å². The van der Waals surface area contributed by atoms with Crippen molar-refractivity contribution in [3.63, 3.8) is 0 Å². The molecule has 1 fully saturated rings. The van der Waals surface area contributed by atoms with E-state index in [1.165, 1.54) is 0 Å². The molecule has 0 saturated carbocycles. The third-order valence-corrected chi connectivity index (χ3v) is 4.73. The van der Waals surface area contributed by atoms with E-state index in [1.54, 1.807) is 12.3 Å². The van der Waals surface area contributed by atoms with Crippen molar-refractivity contribution in [2.24, 2.45) is 0 Å². The van der Waals surface area contributed by atoms with E-state index >= 15 is 0 Å². The van der Waals surface area contributed by atoms with E-state index in [2.05, 4.69) is 20.0 Å².